The Hall–Kier alpha value is -1.49. The van der Waals surface area contributed by atoms with E-state index in [2.05, 4.69) is 0 Å². The fourth-order valence-corrected chi connectivity index (χ4v) is 2.17. The smallest absolute Gasteiger partial charge is 0.491 e. The Kier molecular flexibility index (Phi) is 4.26. The van der Waals surface area contributed by atoms with Crippen LogP contribution in [0.3, 0.4) is 0 Å². The van der Waals surface area contributed by atoms with Crippen LogP contribution in [-0.4, -0.2) is 26.4 Å². The minimum Gasteiger partial charge on any atom is -0.491 e. The number of ether oxygens (including phenoxy) is 1. The molecule has 2 aromatic rings. The fourth-order valence-electron chi connectivity index (χ4n) is 2.04. The average molecular weight is 289 g/mol. The summed E-state index contributed by atoms with van der Waals surface area (Å²) in [7, 11) is -0.296. The Bertz CT molecular complexity index is 547. The lowest BCUT2D eigenvalue weighted by Gasteiger charge is -2.11. The van der Waals surface area contributed by atoms with Crippen LogP contribution in [-0.2, 0) is 9.31 Å². The number of benzene rings is 2. The first kappa shape index (κ1) is 13.5. The molecule has 0 amide bonds. The maximum Gasteiger partial charge on any atom is 0.494 e. The lowest BCUT2D eigenvalue weighted by atomic mass is 9.79. The second-order valence-corrected chi connectivity index (χ2v) is 5.04. The molecule has 1 aliphatic rings. The Morgan fingerprint density at radius 1 is 1.10 bits per heavy atom. The molecule has 5 heteroatoms. The zero-order valence-corrected chi connectivity index (χ0v) is 11.6. The van der Waals surface area contributed by atoms with Crippen LogP contribution in [0.5, 0.6) is 5.75 Å². The predicted molar refractivity (Wildman–Crippen MR) is 79.6 cm³/mol. The van der Waals surface area contributed by atoms with E-state index in [0.29, 0.717) is 18.2 Å². The van der Waals surface area contributed by atoms with Crippen molar-refractivity contribution in [1.82, 2.24) is 0 Å². The molecule has 0 bridgehead atoms. The van der Waals surface area contributed by atoms with Gasteiger partial charge >= 0.3 is 7.12 Å². The molecule has 2 aromatic carbocycles. The van der Waals surface area contributed by atoms with E-state index in [-0.39, 0.29) is 13.2 Å². The summed E-state index contributed by atoms with van der Waals surface area (Å²) in [5.74, 6) is 0.779. The van der Waals surface area contributed by atoms with Crippen molar-refractivity contribution < 1.29 is 14.0 Å². The maximum atomic E-state index is 5.83. The first-order valence-electron chi connectivity index (χ1n) is 6.51. The predicted octanol–water partition coefficient (Wildman–Crippen LogP) is 2.53. The largest absolute Gasteiger partial charge is 0.494 e. The molecule has 0 spiro atoms. The molecule has 1 fully saturated rings. The van der Waals surface area contributed by atoms with Crippen LogP contribution in [0.1, 0.15) is 0 Å². The zero-order valence-electron chi connectivity index (χ0n) is 10.9. The summed E-state index contributed by atoms with van der Waals surface area (Å²) >= 11 is 5.83. The molecule has 1 atom stereocenters. The summed E-state index contributed by atoms with van der Waals surface area (Å²) in [6, 6.07) is 17.2. The van der Waals surface area contributed by atoms with Crippen molar-refractivity contribution in [1.29, 1.82) is 0 Å². The summed E-state index contributed by atoms with van der Waals surface area (Å²) < 4.78 is 17.1. The summed E-state index contributed by atoms with van der Waals surface area (Å²) in [5, 5.41) is 0.696. The van der Waals surface area contributed by atoms with Crippen molar-refractivity contribution in [2.24, 2.45) is 0 Å². The average Bonchev–Trinajstić information content (AvgIpc) is 2.97. The Labute approximate surface area is 123 Å². The van der Waals surface area contributed by atoms with Crippen LogP contribution in [0.15, 0.2) is 54.6 Å². The molecule has 20 heavy (non-hydrogen) atoms. The molecule has 0 radical (unpaired) electrons. The highest BCUT2D eigenvalue weighted by molar-refractivity contribution is 6.61. The van der Waals surface area contributed by atoms with Crippen molar-refractivity contribution in [2.75, 3.05) is 13.2 Å². The van der Waals surface area contributed by atoms with Gasteiger partial charge in [-0.15, -0.1) is 0 Å². The normalized spacial score (nSPS) is 18.2. The third-order valence-electron chi connectivity index (χ3n) is 3.07. The highest BCUT2D eigenvalue weighted by Crippen LogP contribution is 2.17. The molecule has 0 unspecified atom stereocenters. The highest BCUT2D eigenvalue weighted by atomic mass is 35.5. The van der Waals surface area contributed by atoms with E-state index < -0.39 is 0 Å². The van der Waals surface area contributed by atoms with Crippen LogP contribution in [0, 0.1) is 0 Å². The molecular formula is C15H14BClO3. The number of hydrogen-bond acceptors (Lipinski definition) is 3. The van der Waals surface area contributed by atoms with Gasteiger partial charge in [0.25, 0.3) is 0 Å². The Balaban J connectivity index is 1.52. The number of rotatable bonds is 4. The molecule has 1 heterocycles. The van der Waals surface area contributed by atoms with E-state index in [0.717, 1.165) is 11.2 Å². The topological polar surface area (TPSA) is 27.7 Å². The van der Waals surface area contributed by atoms with Crippen LogP contribution < -0.4 is 10.2 Å². The van der Waals surface area contributed by atoms with E-state index in [1.807, 2.05) is 42.5 Å². The van der Waals surface area contributed by atoms with E-state index in [9.17, 15) is 0 Å². The molecule has 0 aromatic heterocycles. The van der Waals surface area contributed by atoms with Gasteiger partial charge in [-0.2, -0.15) is 0 Å². The molecule has 1 saturated heterocycles. The maximum absolute atomic E-state index is 5.83. The molecule has 0 aliphatic carbocycles. The molecule has 102 valence electrons. The first-order chi connectivity index (χ1) is 9.81. The molecule has 1 aliphatic heterocycles. The third kappa shape index (κ3) is 3.34. The second-order valence-electron chi connectivity index (χ2n) is 4.60. The van der Waals surface area contributed by atoms with Crippen molar-refractivity contribution >= 4 is 24.2 Å². The monoisotopic (exact) mass is 288 g/mol. The van der Waals surface area contributed by atoms with Crippen LogP contribution in [0.25, 0.3) is 0 Å². The lowest BCUT2D eigenvalue weighted by Crippen LogP contribution is -2.33. The lowest BCUT2D eigenvalue weighted by molar-refractivity contribution is 0.148. The van der Waals surface area contributed by atoms with Crippen molar-refractivity contribution in [2.45, 2.75) is 6.10 Å². The number of hydrogen-bond donors (Lipinski definition) is 0. The van der Waals surface area contributed by atoms with Gasteiger partial charge < -0.3 is 14.0 Å². The standard InChI is InChI=1S/C15H14BClO3/c17-13-6-8-14(9-7-13)18-10-15-11-19-16(20-15)12-4-2-1-3-5-12/h1-9,15H,10-11H2/t15-/m1/s1. The van der Waals surface area contributed by atoms with Gasteiger partial charge in [0, 0.05) is 5.02 Å². The van der Waals surface area contributed by atoms with E-state index in [4.69, 9.17) is 25.6 Å². The minimum atomic E-state index is -0.296. The molecule has 0 N–H and O–H groups in total. The molecular weight excluding hydrogens is 274 g/mol. The van der Waals surface area contributed by atoms with Gasteiger partial charge in [0.1, 0.15) is 12.4 Å². The van der Waals surface area contributed by atoms with Crippen LogP contribution in [0.2, 0.25) is 5.02 Å². The SMILES string of the molecule is Clc1ccc(OC[C@@H]2COB(c3ccccc3)O2)cc1. The van der Waals surface area contributed by atoms with Gasteiger partial charge in [0.2, 0.25) is 0 Å². The molecule has 0 saturated carbocycles. The van der Waals surface area contributed by atoms with Gasteiger partial charge in [0.05, 0.1) is 12.7 Å². The zero-order chi connectivity index (χ0) is 13.8. The van der Waals surface area contributed by atoms with Gasteiger partial charge in [0.15, 0.2) is 0 Å². The molecule has 3 nitrogen and oxygen atoms in total. The highest BCUT2D eigenvalue weighted by Gasteiger charge is 2.33. The van der Waals surface area contributed by atoms with Crippen molar-refractivity contribution in [3.8, 4) is 5.75 Å². The molecule has 3 rings (SSSR count). The summed E-state index contributed by atoms with van der Waals surface area (Å²) in [6.45, 7) is 0.998. The van der Waals surface area contributed by atoms with Crippen LogP contribution >= 0.6 is 11.6 Å². The summed E-state index contributed by atoms with van der Waals surface area (Å²) in [4.78, 5) is 0. The third-order valence-corrected chi connectivity index (χ3v) is 3.32. The van der Waals surface area contributed by atoms with Gasteiger partial charge in [-0.3, -0.25) is 0 Å². The number of halogens is 1. The van der Waals surface area contributed by atoms with E-state index >= 15 is 0 Å². The fraction of sp³-hybridized carbons (Fsp3) is 0.200. The van der Waals surface area contributed by atoms with Gasteiger partial charge in [-0.1, -0.05) is 41.9 Å². The quantitative estimate of drug-likeness (QED) is 0.809. The van der Waals surface area contributed by atoms with Gasteiger partial charge in [-0.25, -0.2) is 0 Å². The second kappa shape index (κ2) is 6.31. The van der Waals surface area contributed by atoms with Gasteiger partial charge in [-0.05, 0) is 29.7 Å². The van der Waals surface area contributed by atoms with Crippen molar-refractivity contribution in [3.05, 3.63) is 59.6 Å². The van der Waals surface area contributed by atoms with E-state index in [1.165, 1.54) is 0 Å². The first-order valence-corrected chi connectivity index (χ1v) is 6.89. The Morgan fingerprint density at radius 3 is 2.60 bits per heavy atom. The van der Waals surface area contributed by atoms with Crippen LogP contribution in [0.4, 0.5) is 0 Å². The van der Waals surface area contributed by atoms with Crippen molar-refractivity contribution in [3.63, 3.8) is 0 Å². The minimum absolute atomic E-state index is 0.0594. The summed E-state index contributed by atoms with van der Waals surface area (Å²) in [5.41, 5.74) is 1.03. The Morgan fingerprint density at radius 2 is 1.85 bits per heavy atom. The van der Waals surface area contributed by atoms with E-state index in [1.54, 1.807) is 12.1 Å². The summed E-state index contributed by atoms with van der Waals surface area (Å²) in [6.07, 6.45) is -0.0594.